The van der Waals surface area contributed by atoms with Gasteiger partial charge in [-0.25, -0.2) is 9.37 Å². The predicted octanol–water partition coefficient (Wildman–Crippen LogP) is 3.40. The zero-order valence-electron chi connectivity index (χ0n) is 31.3. The summed E-state index contributed by atoms with van der Waals surface area (Å²) >= 11 is 0. The summed E-state index contributed by atoms with van der Waals surface area (Å²) in [4.78, 5) is 55.6. The highest BCUT2D eigenvalue weighted by molar-refractivity contribution is 6.05. The molecule has 0 radical (unpaired) electrons. The Morgan fingerprint density at radius 1 is 1.05 bits per heavy atom. The number of amides is 3. The number of phenols is 1. The number of anilines is 3. The van der Waals surface area contributed by atoms with Crippen molar-refractivity contribution in [3.63, 3.8) is 0 Å². The van der Waals surface area contributed by atoms with Crippen molar-refractivity contribution < 1.29 is 28.6 Å². The second kappa shape index (κ2) is 14.0. The van der Waals surface area contributed by atoms with E-state index in [0.717, 1.165) is 67.3 Å². The highest BCUT2D eigenvalue weighted by atomic mass is 19.1. The minimum absolute atomic E-state index is 0.162. The van der Waals surface area contributed by atoms with Crippen LogP contribution in [-0.4, -0.2) is 110 Å². The van der Waals surface area contributed by atoms with Crippen LogP contribution in [0.25, 0.3) is 11.3 Å². The summed E-state index contributed by atoms with van der Waals surface area (Å²) in [6, 6.07) is 11.5. The number of fused-ring (bicyclic) bond motifs is 4. The molecule has 3 amide bonds. The molecule has 4 aromatic rings. The van der Waals surface area contributed by atoms with Crippen LogP contribution >= 0.6 is 0 Å². The van der Waals surface area contributed by atoms with E-state index in [9.17, 15) is 23.9 Å². The summed E-state index contributed by atoms with van der Waals surface area (Å²) in [5, 5.41) is 24.8. The molecule has 0 aliphatic carbocycles. The zero-order valence-corrected chi connectivity index (χ0v) is 31.3. The van der Waals surface area contributed by atoms with E-state index >= 15 is 0 Å². The summed E-state index contributed by atoms with van der Waals surface area (Å²) in [5.41, 5.74) is 5.45. The number of hydrogen-bond donors (Lipinski definition) is 3. The number of imide groups is 1. The van der Waals surface area contributed by atoms with Crippen LogP contribution in [0.5, 0.6) is 11.6 Å². The predicted molar refractivity (Wildman–Crippen MR) is 204 cm³/mol. The summed E-state index contributed by atoms with van der Waals surface area (Å²) in [6.45, 7) is 9.57. The number of aromatic hydroxyl groups is 1. The van der Waals surface area contributed by atoms with Crippen LogP contribution in [0.15, 0.2) is 48.7 Å². The molecule has 2 aromatic carbocycles. The molecule has 56 heavy (non-hydrogen) atoms. The molecule has 0 spiro atoms. The number of nitrogens with zero attached hydrogens (tertiary/aromatic N) is 8. The molecule has 9 rings (SSSR count). The maximum Gasteiger partial charge on any atom is 0.255 e. The van der Waals surface area contributed by atoms with Crippen molar-refractivity contribution in [2.75, 3.05) is 54.4 Å². The van der Waals surface area contributed by atoms with Gasteiger partial charge in [-0.15, -0.1) is 10.2 Å². The number of piperazine rings is 1. The zero-order chi connectivity index (χ0) is 38.7. The molecule has 16 heteroatoms. The highest BCUT2D eigenvalue weighted by Crippen LogP contribution is 2.45. The van der Waals surface area contributed by atoms with Crippen LogP contribution in [0.1, 0.15) is 59.9 Å². The van der Waals surface area contributed by atoms with E-state index in [0.29, 0.717) is 55.6 Å². The van der Waals surface area contributed by atoms with Gasteiger partial charge >= 0.3 is 0 Å². The van der Waals surface area contributed by atoms with Gasteiger partial charge < -0.3 is 29.9 Å². The quantitative estimate of drug-likeness (QED) is 0.224. The van der Waals surface area contributed by atoms with Crippen LogP contribution < -0.4 is 25.2 Å². The molecule has 0 bridgehead atoms. The van der Waals surface area contributed by atoms with Crippen LogP contribution in [0, 0.1) is 12.7 Å². The number of para-hydroxylation sites is 1. The molecule has 5 aliphatic heterocycles. The third kappa shape index (κ3) is 6.30. The Morgan fingerprint density at radius 3 is 2.68 bits per heavy atom. The van der Waals surface area contributed by atoms with Crippen LogP contribution in [0.4, 0.5) is 21.6 Å². The monoisotopic (exact) mass is 762 g/mol. The van der Waals surface area contributed by atoms with Crippen molar-refractivity contribution in [1.29, 1.82) is 0 Å². The summed E-state index contributed by atoms with van der Waals surface area (Å²) in [7, 11) is 0. The lowest BCUT2D eigenvalue weighted by Gasteiger charge is -2.43. The Labute approximate surface area is 322 Å². The summed E-state index contributed by atoms with van der Waals surface area (Å²) in [6.07, 6.45) is 3.73. The fourth-order valence-electron chi connectivity index (χ4n) is 8.86. The lowest BCUT2D eigenvalue weighted by atomic mass is 9.90. The molecule has 0 saturated carbocycles. The minimum atomic E-state index is -0.711. The number of ether oxygens (including phenoxy) is 1. The van der Waals surface area contributed by atoms with Gasteiger partial charge in [0.1, 0.15) is 12.1 Å². The van der Waals surface area contributed by atoms with Gasteiger partial charge in [-0.2, -0.15) is 0 Å². The molecule has 5 aliphatic rings. The standard InChI is InChI=1S/C40H43FN10O5/c1-3-40-17-26(20-51(40)33-16-30(46-47-37(33)43-22-40)27-5-4-6-29(41)36(27)53)56-35-18-42-31(23(2)44-35)21-48-11-13-49(14-12-48)25-8-7-24-19-50(39(55)28(24)15-25)32-9-10-34(52)45-38(32)54/h4-8,15-16,18,26,32,53H,3,9-14,17,19-22H2,1-2H3,(H,43,47)(H,45,52,54)/t26-,32+,40-/m1/s1. The van der Waals surface area contributed by atoms with E-state index in [1.807, 2.05) is 31.2 Å². The summed E-state index contributed by atoms with van der Waals surface area (Å²) < 4.78 is 20.7. The Morgan fingerprint density at radius 2 is 1.89 bits per heavy atom. The largest absolute Gasteiger partial charge is 0.504 e. The lowest BCUT2D eigenvalue weighted by molar-refractivity contribution is -0.136. The first-order valence-corrected chi connectivity index (χ1v) is 19.2. The number of benzene rings is 2. The van der Waals surface area contributed by atoms with E-state index in [2.05, 4.69) is 42.5 Å². The molecule has 0 unspecified atom stereocenters. The first-order valence-electron chi connectivity index (χ1n) is 19.2. The number of nitrogens with one attached hydrogen (secondary N) is 2. The Hall–Kier alpha value is -5.90. The van der Waals surface area contributed by atoms with E-state index in [1.165, 1.54) is 12.1 Å². The van der Waals surface area contributed by atoms with Crippen molar-refractivity contribution in [2.24, 2.45) is 0 Å². The molecule has 3 saturated heterocycles. The first kappa shape index (κ1) is 35.8. The first-order chi connectivity index (χ1) is 27.1. The normalized spacial score (nSPS) is 23.4. The van der Waals surface area contributed by atoms with E-state index in [4.69, 9.17) is 14.7 Å². The van der Waals surface area contributed by atoms with Crippen molar-refractivity contribution in [2.45, 2.75) is 70.3 Å². The third-order valence-corrected chi connectivity index (χ3v) is 12.1. The Balaban J connectivity index is 0.818. The van der Waals surface area contributed by atoms with E-state index in [1.54, 1.807) is 17.2 Å². The van der Waals surface area contributed by atoms with E-state index < -0.39 is 23.5 Å². The number of aromatic nitrogens is 4. The fourth-order valence-corrected chi connectivity index (χ4v) is 8.86. The molecule has 3 N–H and O–H groups in total. The smallest absolute Gasteiger partial charge is 0.255 e. The topological polar surface area (TPSA) is 169 Å². The number of piperidine rings is 1. The van der Waals surface area contributed by atoms with Crippen LogP contribution in [0.3, 0.4) is 0 Å². The average molecular weight is 763 g/mol. The molecule has 15 nitrogen and oxygen atoms in total. The average Bonchev–Trinajstić information content (AvgIpc) is 3.74. The number of rotatable bonds is 8. The molecule has 290 valence electrons. The van der Waals surface area contributed by atoms with Crippen molar-refractivity contribution >= 4 is 34.9 Å². The maximum atomic E-state index is 14.2. The van der Waals surface area contributed by atoms with E-state index in [-0.39, 0.29) is 35.4 Å². The number of phenolic OH excluding ortho intramolecular Hbond substituents is 1. The van der Waals surface area contributed by atoms with Crippen LogP contribution in [0.2, 0.25) is 0 Å². The third-order valence-electron chi connectivity index (χ3n) is 12.1. The van der Waals surface area contributed by atoms with Gasteiger partial charge in [0.2, 0.25) is 17.7 Å². The number of hydrogen-bond acceptors (Lipinski definition) is 13. The second-order valence-corrected chi connectivity index (χ2v) is 15.3. The van der Waals surface area contributed by atoms with Gasteiger partial charge in [0.15, 0.2) is 17.4 Å². The van der Waals surface area contributed by atoms with Gasteiger partial charge in [0.05, 0.1) is 41.0 Å². The molecular weight excluding hydrogens is 720 g/mol. The van der Waals surface area contributed by atoms with Gasteiger partial charge in [-0.1, -0.05) is 19.1 Å². The Bertz CT molecular complexity index is 2250. The van der Waals surface area contributed by atoms with Crippen LogP contribution in [-0.2, 0) is 22.7 Å². The second-order valence-electron chi connectivity index (χ2n) is 15.3. The number of halogens is 1. The lowest BCUT2D eigenvalue weighted by Crippen LogP contribution is -2.52. The van der Waals surface area contributed by atoms with Crippen molar-refractivity contribution in [3.05, 3.63) is 77.0 Å². The van der Waals surface area contributed by atoms with Gasteiger partial charge in [-0.05, 0) is 55.7 Å². The molecular formula is C40H43FN10O5. The Kier molecular flexibility index (Phi) is 8.94. The maximum absolute atomic E-state index is 14.2. The number of carbonyl (C=O) groups excluding carboxylic acids is 3. The SMILES string of the molecule is CC[C@@]12CNc3nnc(-c4cccc(F)c4O)cc3N1C[C@H](Oc1cnc(CN3CCN(c4ccc5c(c4)C(=O)N([C@H]4CCC(=O)NC4=O)C5)CC3)c(C)n1)C2. The van der Waals surface area contributed by atoms with Crippen molar-refractivity contribution in [3.8, 4) is 22.9 Å². The minimum Gasteiger partial charge on any atom is -0.504 e. The van der Waals surface area contributed by atoms with Gasteiger partial charge in [0, 0.05) is 75.5 Å². The van der Waals surface area contributed by atoms with Gasteiger partial charge in [-0.3, -0.25) is 29.6 Å². The number of aryl methyl sites for hydroxylation is 1. The molecule has 7 heterocycles. The fraction of sp³-hybridized carbons (Fsp3) is 0.425. The summed E-state index contributed by atoms with van der Waals surface area (Å²) in [5.74, 6) is -0.921. The molecule has 3 fully saturated rings. The highest BCUT2D eigenvalue weighted by Gasteiger charge is 2.49. The van der Waals surface area contributed by atoms with Crippen molar-refractivity contribution in [1.82, 2.24) is 35.3 Å². The van der Waals surface area contributed by atoms with Gasteiger partial charge in [0.25, 0.3) is 5.91 Å². The number of carbonyl (C=O) groups is 3. The molecule has 3 atom stereocenters. The molecule has 2 aromatic heterocycles.